The minimum absolute atomic E-state index is 0.00551. The molecule has 1 saturated carbocycles. The van der Waals surface area contributed by atoms with Crippen molar-refractivity contribution >= 4 is 23.2 Å². The van der Waals surface area contributed by atoms with Crippen LogP contribution in [0.1, 0.15) is 19.3 Å². The largest absolute Gasteiger partial charge is 0.482 e. The molecule has 112 valence electrons. The Balaban J connectivity index is 1.72. The van der Waals surface area contributed by atoms with Crippen LogP contribution in [0.5, 0.6) is 5.75 Å². The van der Waals surface area contributed by atoms with Gasteiger partial charge in [0.05, 0.1) is 5.69 Å². The predicted octanol–water partition coefficient (Wildman–Crippen LogP) is 1.33. The maximum atomic E-state index is 12.3. The molecule has 2 amide bonds. The van der Waals surface area contributed by atoms with Crippen molar-refractivity contribution in [1.29, 1.82) is 0 Å². The molecule has 0 saturated heterocycles. The van der Waals surface area contributed by atoms with E-state index in [-0.39, 0.29) is 30.3 Å². The molecule has 0 bridgehead atoms. The average Bonchev–Trinajstić information content (AvgIpc) is 2.95. The maximum absolute atomic E-state index is 12.3. The van der Waals surface area contributed by atoms with Crippen molar-refractivity contribution in [2.75, 3.05) is 23.8 Å². The molecule has 0 radical (unpaired) electrons. The Bertz CT molecular complexity index is 573. The zero-order valence-corrected chi connectivity index (χ0v) is 11.7. The average molecular weight is 289 g/mol. The second-order valence-electron chi connectivity index (χ2n) is 5.57. The normalized spacial score (nSPS) is 24.0. The molecular weight excluding hydrogens is 270 g/mol. The van der Waals surface area contributed by atoms with Gasteiger partial charge >= 0.3 is 0 Å². The summed E-state index contributed by atoms with van der Waals surface area (Å²) < 4.78 is 5.29. The first-order valence-corrected chi connectivity index (χ1v) is 7.25. The van der Waals surface area contributed by atoms with Gasteiger partial charge in [-0.1, -0.05) is 6.42 Å². The van der Waals surface area contributed by atoms with Crippen molar-refractivity contribution in [2.45, 2.75) is 19.3 Å². The highest BCUT2D eigenvalue weighted by Crippen LogP contribution is 2.33. The van der Waals surface area contributed by atoms with Crippen molar-refractivity contribution in [3.63, 3.8) is 0 Å². The number of amides is 2. The third kappa shape index (κ3) is 2.85. The van der Waals surface area contributed by atoms with Crippen LogP contribution in [0.4, 0.5) is 11.4 Å². The highest BCUT2D eigenvalue weighted by molar-refractivity contribution is 5.98. The first-order valence-electron chi connectivity index (χ1n) is 7.25. The molecule has 3 rings (SSSR count). The van der Waals surface area contributed by atoms with Gasteiger partial charge in [0.15, 0.2) is 6.61 Å². The van der Waals surface area contributed by atoms with Gasteiger partial charge in [-0.25, -0.2) is 0 Å². The lowest BCUT2D eigenvalue weighted by Gasteiger charge is -2.20. The van der Waals surface area contributed by atoms with E-state index in [9.17, 15) is 9.59 Å². The Morgan fingerprint density at radius 3 is 3.10 bits per heavy atom. The minimum atomic E-state index is -0.190. The summed E-state index contributed by atoms with van der Waals surface area (Å²) in [4.78, 5) is 23.6. The summed E-state index contributed by atoms with van der Waals surface area (Å²) in [6.45, 7) is 0.575. The molecule has 6 nitrogen and oxygen atoms in total. The molecule has 1 fully saturated rings. The number of carbonyl (C=O) groups excluding carboxylic acids is 2. The van der Waals surface area contributed by atoms with Crippen LogP contribution in [-0.4, -0.2) is 25.0 Å². The summed E-state index contributed by atoms with van der Waals surface area (Å²) in [6.07, 6.45) is 2.95. The Hall–Kier alpha value is -2.08. The fourth-order valence-electron chi connectivity index (χ4n) is 3.06. The van der Waals surface area contributed by atoms with E-state index in [4.69, 9.17) is 10.5 Å². The lowest BCUT2D eigenvalue weighted by Crippen LogP contribution is -2.30. The number of fused-ring (bicyclic) bond motifs is 1. The van der Waals surface area contributed by atoms with Gasteiger partial charge in [0.25, 0.3) is 5.91 Å². The van der Waals surface area contributed by atoms with Crippen LogP contribution in [0.3, 0.4) is 0 Å². The van der Waals surface area contributed by atoms with Crippen LogP contribution in [0.15, 0.2) is 18.2 Å². The monoisotopic (exact) mass is 289 g/mol. The molecule has 1 aromatic carbocycles. The number of hydrogen-bond donors (Lipinski definition) is 3. The van der Waals surface area contributed by atoms with Gasteiger partial charge in [-0.2, -0.15) is 0 Å². The van der Waals surface area contributed by atoms with Crippen LogP contribution < -0.4 is 21.1 Å². The van der Waals surface area contributed by atoms with Crippen molar-refractivity contribution in [2.24, 2.45) is 17.6 Å². The fourth-order valence-corrected chi connectivity index (χ4v) is 3.06. The molecule has 1 heterocycles. The molecule has 2 aliphatic rings. The Morgan fingerprint density at radius 2 is 2.29 bits per heavy atom. The van der Waals surface area contributed by atoms with E-state index in [2.05, 4.69) is 10.6 Å². The molecule has 1 aliphatic carbocycles. The summed E-state index contributed by atoms with van der Waals surface area (Å²) in [5, 5.41) is 5.64. The van der Waals surface area contributed by atoms with Gasteiger partial charge < -0.3 is 21.1 Å². The van der Waals surface area contributed by atoms with Crippen molar-refractivity contribution in [1.82, 2.24) is 0 Å². The Kier molecular flexibility index (Phi) is 3.79. The SMILES string of the molecule is NCC1CCCC1C(=O)Nc1ccc2c(c1)NC(=O)CO2. The van der Waals surface area contributed by atoms with Gasteiger partial charge in [-0.05, 0) is 43.5 Å². The summed E-state index contributed by atoms with van der Waals surface area (Å²) in [5.74, 6) is 0.687. The lowest BCUT2D eigenvalue weighted by atomic mass is 9.95. The molecule has 6 heteroatoms. The number of rotatable bonds is 3. The number of nitrogens with one attached hydrogen (secondary N) is 2. The van der Waals surface area contributed by atoms with E-state index >= 15 is 0 Å². The first-order chi connectivity index (χ1) is 10.2. The zero-order chi connectivity index (χ0) is 14.8. The van der Waals surface area contributed by atoms with Gasteiger partial charge in [0.2, 0.25) is 5.91 Å². The number of anilines is 2. The predicted molar refractivity (Wildman–Crippen MR) is 79.1 cm³/mol. The van der Waals surface area contributed by atoms with E-state index in [1.54, 1.807) is 18.2 Å². The highest BCUT2D eigenvalue weighted by Gasteiger charge is 2.32. The lowest BCUT2D eigenvalue weighted by molar-refractivity contribution is -0.121. The molecule has 4 N–H and O–H groups in total. The zero-order valence-electron chi connectivity index (χ0n) is 11.7. The minimum Gasteiger partial charge on any atom is -0.482 e. The quantitative estimate of drug-likeness (QED) is 0.782. The van der Waals surface area contributed by atoms with E-state index in [1.807, 2.05) is 0 Å². The smallest absolute Gasteiger partial charge is 0.262 e. The molecule has 0 spiro atoms. The summed E-state index contributed by atoms with van der Waals surface area (Å²) in [7, 11) is 0. The molecule has 1 aromatic rings. The second-order valence-corrected chi connectivity index (χ2v) is 5.57. The third-order valence-corrected chi connectivity index (χ3v) is 4.18. The summed E-state index contributed by atoms with van der Waals surface area (Å²) >= 11 is 0. The number of carbonyl (C=O) groups is 2. The molecular formula is C15H19N3O3. The van der Waals surface area contributed by atoms with Gasteiger partial charge in [-0.3, -0.25) is 9.59 Å². The van der Waals surface area contributed by atoms with Gasteiger partial charge in [0, 0.05) is 11.6 Å². The molecule has 2 unspecified atom stereocenters. The van der Waals surface area contributed by atoms with Crippen molar-refractivity contribution in [3.05, 3.63) is 18.2 Å². The maximum Gasteiger partial charge on any atom is 0.262 e. The van der Waals surface area contributed by atoms with Gasteiger partial charge in [-0.15, -0.1) is 0 Å². The molecule has 21 heavy (non-hydrogen) atoms. The highest BCUT2D eigenvalue weighted by atomic mass is 16.5. The molecule has 2 atom stereocenters. The van der Waals surface area contributed by atoms with Crippen molar-refractivity contribution < 1.29 is 14.3 Å². The van der Waals surface area contributed by atoms with Crippen LogP contribution in [0, 0.1) is 11.8 Å². The number of nitrogens with two attached hydrogens (primary N) is 1. The van der Waals surface area contributed by atoms with E-state index < -0.39 is 0 Å². The number of hydrogen-bond acceptors (Lipinski definition) is 4. The summed E-state index contributed by atoms with van der Waals surface area (Å²) in [5.41, 5.74) is 6.97. The van der Waals surface area contributed by atoms with E-state index in [0.717, 1.165) is 19.3 Å². The van der Waals surface area contributed by atoms with Crippen molar-refractivity contribution in [3.8, 4) is 5.75 Å². The standard InChI is InChI=1S/C15H19N3O3/c16-7-9-2-1-3-11(9)15(20)17-10-4-5-13-12(6-10)18-14(19)8-21-13/h4-6,9,11H,1-3,7-8,16H2,(H,17,20)(H,18,19). The van der Waals surface area contributed by atoms with Gasteiger partial charge in [0.1, 0.15) is 5.75 Å². The van der Waals surface area contributed by atoms with E-state index in [0.29, 0.717) is 23.7 Å². The second kappa shape index (κ2) is 5.73. The summed E-state index contributed by atoms with van der Waals surface area (Å²) in [6, 6.07) is 5.25. The van der Waals surface area contributed by atoms with Crippen LogP contribution in [-0.2, 0) is 9.59 Å². The first kappa shape index (κ1) is 13.9. The Morgan fingerprint density at radius 1 is 1.43 bits per heavy atom. The van der Waals surface area contributed by atoms with Crippen LogP contribution in [0.2, 0.25) is 0 Å². The van der Waals surface area contributed by atoms with E-state index in [1.165, 1.54) is 0 Å². The fraction of sp³-hybridized carbons (Fsp3) is 0.467. The molecule has 1 aliphatic heterocycles. The van der Waals surface area contributed by atoms with Crippen LogP contribution >= 0.6 is 0 Å². The molecule has 0 aromatic heterocycles. The van der Waals surface area contributed by atoms with Crippen LogP contribution in [0.25, 0.3) is 0 Å². The topological polar surface area (TPSA) is 93.5 Å². The number of ether oxygens (including phenoxy) is 1. The number of benzene rings is 1. The Labute approximate surface area is 123 Å². The third-order valence-electron chi connectivity index (χ3n) is 4.18.